The average molecular weight is 797 g/mol. The first-order chi connectivity index (χ1) is 27.1. The summed E-state index contributed by atoms with van der Waals surface area (Å²) in [6, 6.07) is 28.3. The van der Waals surface area contributed by atoms with Crippen molar-refractivity contribution in [1.29, 1.82) is 0 Å². The number of hydrogen-bond donors (Lipinski definition) is 2. The van der Waals surface area contributed by atoms with Crippen LogP contribution in [0.2, 0.25) is 0 Å². The number of carbonyl (C=O) groups excluding carboxylic acids is 1. The lowest BCUT2D eigenvalue weighted by Gasteiger charge is -2.36. The van der Waals surface area contributed by atoms with Crippen molar-refractivity contribution < 1.29 is 27.6 Å². The van der Waals surface area contributed by atoms with Crippen LogP contribution in [-0.4, -0.2) is 80.8 Å². The van der Waals surface area contributed by atoms with E-state index in [1.54, 1.807) is 42.2 Å². The number of benzene rings is 4. The Bertz CT molecular complexity index is 2230. The van der Waals surface area contributed by atoms with Gasteiger partial charge in [0.1, 0.15) is 17.2 Å². The molecule has 1 aliphatic heterocycles. The number of hydrogen-bond acceptors (Lipinski definition) is 12. The van der Waals surface area contributed by atoms with E-state index < -0.39 is 26.5 Å². The molecule has 0 unspecified atom stereocenters. The molecule has 0 aliphatic carbocycles. The molecule has 1 aliphatic rings. The van der Waals surface area contributed by atoms with Crippen molar-refractivity contribution in [2.45, 2.75) is 30.2 Å². The minimum Gasteiger partial charge on any atom is -0.494 e. The van der Waals surface area contributed by atoms with Gasteiger partial charge in [-0.05, 0) is 97.8 Å². The van der Waals surface area contributed by atoms with Crippen LogP contribution in [0.4, 0.5) is 17.1 Å². The number of amides is 1. The van der Waals surface area contributed by atoms with E-state index in [9.17, 15) is 23.3 Å². The zero-order valence-electron chi connectivity index (χ0n) is 31.2. The Hall–Kier alpha value is -5.64. The van der Waals surface area contributed by atoms with Gasteiger partial charge < -0.3 is 19.7 Å². The SMILES string of the molecule is CCOc1cncc(-c2cc(CN3CCN(c4ccc(C(=O)NS(=O)(=O)c5ccc(NCCSc6ccccc6)c([N+](=O)[O-])c5)cc4)CC3)cc(OCC)c2)c1. The number of nitrogens with zero attached hydrogens (tertiary/aromatic N) is 4. The van der Waals surface area contributed by atoms with Crippen molar-refractivity contribution in [2.24, 2.45) is 0 Å². The number of nitro benzene ring substituents is 1. The first kappa shape index (κ1) is 40.0. The number of pyridine rings is 1. The highest BCUT2D eigenvalue weighted by Crippen LogP contribution is 2.30. The van der Waals surface area contributed by atoms with Gasteiger partial charge in [0.25, 0.3) is 21.6 Å². The Labute approximate surface area is 331 Å². The predicted octanol–water partition coefficient (Wildman–Crippen LogP) is 7.10. The standard InChI is InChI=1S/C41H44N6O7S2/c1-3-53-35-23-30(22-32(24-35)33-25-36(54-4-2)28-42-27-33)29-45-17-19-46(20-18-45)34-12-10-31(11-13-34)41(48)44-56(51,52)38-14-15-39(40(26-38)47(49)50)43-16-21-55-37-8-6-5-7-9-37/h5-15,22-28,43H,3-4,16-21,29H2,1-2H3,(H,44,48). The lowest BCUT2D eigenvalue weighted by Crippen LogP contribution is -2.46. The van der Waals surface area contributed by atoms with Gasteiger partial charge in [-0.25, -0.2) is 13.1 Å². The van der Waals surface area contributed by atoms with Crippen LogP contribution in [0.1, 0.15) is 29.8 Å². The Balaban J connectivity index is 1.03. The van der Waals surface area contributed by atoms with Crippen LogP contribution in [0.15, 0.2) is 119 Å². The van der Waals surface area contributed by atoms with Gasteiger partial charge in [-0.1, -0.05) is 18.2 Å². The highest BCUT2D eigenvalue weighted by atomic mass is 32.2. The molecule has 292 valence electrons. The summed E-state index contributed by atoms with van der Waals surface area (Å²) < 4.78 is 40.0. The fraction of sp³-hybridized carbons (Fsp3) is 0.268. The molecule has 0 spiro atoms. The molecule has 15 heteroatoms. The number of aromatic nitrogens is 1. The van der Waals surface area contributed by atoms with Crippen LogP contribution < -0.4 is 24.4 Å². The van der Waals surface area contributed by atoms with Gasteiger partial charge in [0.2, 0.25) is 0 Å². The van der Waals surface area contributed by atoms with Crippen LogP contribution >= 0.6 is 11.8 Å². The van der Waals surface area contributed by atoms with E-state index in [1.165, 1.54) is 12.1 Å². The van der Waals surface area contributed by atoms with E-state index in [-0.39, 0.29) is 16.1 Å². The maximum atomic E-state index is 13.2. The van der Waals surface area contributed by atoms with Gasteiger partial charge >= 0.3 is 0 Å². The fourth-order valence-corrected chi connectivity index (χ4v) is 8.11. The number of rotatable bonds is 17. The molecule has 2 heterocycles. The number of nitrogens with one attached hydrogen (secondary N) is 2. The molecule has 0 bridgehead atoms. The third-order valence-corrected chi connectivity index (χ3v) is 11.4. The monoisotopic (exact) mass is 796 g/mol. The van der Waals surface area contributed by atoms with Crippen LogP contribution in [0, 0.1) is 10.1 Å². The summed E-state index contributed by atoms with van der Waals surface area (Å²) in [5.41, 5.74) is 3.93. The van der Waals surface area contributed by atoms with Crippen LogP contribution in [0.5, 0.6) is 11.5 Å². The molecule has 1 amide bonds. The van der Waals surface area contributed by atoms with Crippen LogP contribution in [0.3, 0.4) is 0 Å². The van der Waals surface area contributed by atoms with Gasteiger partial charge in [0.05, 0.1) is 29.2 Å². The van der Waals surface area contributed by atoms with E-state index in [0.717, 1.165) is 77.6 Å². The minimum atomic E-state index is -4.40. The zero-order chi connectivity index (χ0) is 39.5. The van der Waals surface area contributed by atoms with Gasteiger partial charge in [-0.3, -0.25) is 24.8 Å². The molecular weight excluding hydrogens is 753 g/mol. The third kappa shape index (κ3) is 10.6. The summed E-state index contributed by atoms with van der Waals surface area (Å²) in [7, 11) is -4.40. The Kier molecular flexibility index (Phi) is 13.4. The van der Waals surface area contributed by atoms with E-state index in [4.69, 9.17) is 9.47 Å². The number of carbonyl (C=O) groups is 1. The molecule has 4 aromatic carbocycles. The summed E-state index contributed by atoms with van der Waals surface area (Å²) >= 11 is 1.59. The topological polar surface area (TPSA) is 156 Å². The highest BCUT2D eigenvalue weighted by Gasteiger charge is 2.24. The molecule has 56 heavy (non-hydrogen) atoms. The number of thioether (sulfide) groups is 1. The average Bonchev–Trinajstić information content (AvgIpc) is 3.20. The molecule has 5 aromatic rings. The minimum absolute atomic E-state index is 0.145. The predicted molar refractivity (Wildman–Crippen MR) is 219 cm³/mol. The molecule has 1 aromatic heterocycles. The number of anilines is 2. The highest BCUT2D eigenvalue weighted by molar-refractivity contribution is 7.99. The molecule has 1 fully saturated rings. The molecule has 0 radical (unpaired) electrons. The van der Waals surface area contributed by atoms with Gasteiger partial charge in [0, 0.05) is 79.0 Å². The van der Waals surface area contributed by atoms with Gasteiger partial charge in [0.15, 0.2) is 0 Å². The molecule has 2 N–H and O–H groups in total. The number of nitro groups is 1. The zero-order valence-corrected chi connectivity index (χ0v) is 32.9. The third-order valence-electron chi connectivity index (χ3n) is 9.04. The lowest BCUT2D eigenvalue weighted by molar-refractivity contribution is -0.384. The maximum Gasteiger partial charge on any atom is 0.293 e. The lowest BCUT2D eigenvalue weighted by atomic mass is 10.0. The van der Waals surface area contributed by atoms with Gasteiger partial charge in [-0.15, -0.1) is 11.8 Å². The second-order valence-electron chi connectivity index (χ2n) is 12.9. The molecule has 13 nitrogen and oxygen atoms in total. The first-order valence-corrected chi connectivity index (χ1v) is 20.8. The molecule has 1 saturated heterocycles. The van der Waals surface area contributed by atoms with Crippen molar-refractivity contribution >= 4 is 44.8 Å². The number of piperazine rings is 1. The van der Waals surface area contributed by atoms with E-state index in [2.05, 4.69) is 37.0 Å². The Morgan fingerprint density at radius 1 is 0.857 bits per heavy atom. The summed E-state index contributed by atoms with van der Waals surface area (Å²) in [6.07, 6.45) is 3.53. The summed E-state index contributed by atoms with van der Waals surface area (Å²) in [5.74, 6) is 1.32. The fourth-order valence-electron chi connectivity index (χ4n) is 6.33. The van der Waals surface area contributed by atoms with Crippen molar-refractivity contribution in [2.75, 3.05) is 61.9 Å². The van der Waals surface area contributed by atoms with E-state index in [1.807, 2.05) is 62.5 Å². The largest absolute Gasteiger partial charge is 0.494 e. The van der Waals surface area contributed by atoms with Crippen molar-refractivity contribution in [1.82, 2.24) is 14.6 Å². The Morgan fingerprint density at radius 3 is 2.29 bits per heavy atom. The van der Waals surface area contributed by atoms with E-state index >= 15 is 0 Å². The van der Waals surface area contributed by atoms with Crippen molar-refractivity contribution in [3.63, 3.8) is 0 Å². The smallest absolute Gasteiger partial charge is 0.293 e. The van der Waals surface area contributed by atoms with E-state index in [0.29, 0.717) is 25.5 Å². The number of sulfonamides is 1. The molecule has 6 rings (SSSR count). The summed E-state index contributed by atoms with van der Waals surface area (Å²) in [4.78, 5) is 33.9. The normalized spacial score (nSPS) is 13.2. The summed E-state index contributed by atoms with van der Waals surface area (Å²) in [5, 5.41) is 14.9. The summed E-state index contributed by atoms with van der Waals surface area (Å²) in [6.45, 7) is 9.32. The second kappa shape index (κ2) is 18.8. The number of ether oxygens (including phenoxy) is 2. The molecule has 0 atom stereocenters. The Morgan fingerprint density at radius 2 is 1.57 bits per heavy atom. The maximum absolute atomic E-state index is 13.2. The van der Waals surface area contributed by atoms with Crippen molar-refractivity contribution in [3.05, 3.63) is 131 Å². The second-order valence-corrected chi connectivity index (χ2v) is 15.8. The van der Waals surface area contributed by atoms with Crippen LogP contribution in [-0.2, 0) is 16.6 Å². The van der Waals surface area contributed by atoms with Crippen LogP contribution in [0.25, 0.3) is 11.1 Å². The quantitative estimate of drug-likeness (QED) is 0.0427. The van der Waals surface area contributed by atoms with Gasteiger partial charge in [-0.2, -0.15) is 0 Å². The van der Waals surface area contributed by atoms with Crippen molar-refractivity contribution in [3.8, 4) is 22.6 Å². The first-order valence-electron chi connectivity index (χ1n) is 18.3. The molecular formula is C41H44N6O7S2. The molecule has 0 saturated carbocycles.